The Bertz CT molecular complexity index is 252. The van der Waals surface area contributed by atoms with Crippen LogP contribution in [0.2, 0.25) is 0 Å². The maximum atomic E-state index is 9.96. The van der Waals surface area contributed by atoms with E-state index in [1.807, 2.05) is 30.3 Å². The molecule has 0 aromatic heterocycles. The number of hydrogen-bond acceptors (Lipinski definition) is 5. The lowest BCUT2D eigenvalue weighted by Gasteiger charge is -2.06. The van der Waals surface area contributed by atoms with Gasteiger partial charge in [0.25, 0.3) is 0 Å². The molecular formula is C11H15O5-. The van der Waals surface area contributed by atoms with Gasteiger partial charge in [-0.1, -0.05) is 30.3 Å². The Balaban J connectivity index is 1.89. The molecule has 0 N–H and O–H groups in total. The van der Waals surface area contributed by atoms with Crippen molar-refractivity contribution in [3.63, 3.8) is 0 Å². The molecule has 0 heterocycles. The van der Waals surface area contributed by atoms with Crippen molar-refractivity contribution in [2.45, 2.75) is 6.61 Å². The van der Waals surface area contributed by atoms with Crippen LogP contribution in [0.15, 0.2) is 30.3 Å². The van der Waals surface area contributed by atoms with E-state index in [-0.39, 0.29) is 26.4 Å². The van der Waals surface area contributed by atoms with Crippen LogP contribution < -0.4 is 5.11 Å². The first kappa shape index (κ1) is 13.1. The van der Waals surface area contributed by atoms with E-state index < -0.39 is 0 Å². The van der Waals surface area contributed by atoms with Crippen molar-refractivity contribution in [1.82, 2.24) is 0 Å². The van der Waals surface area contributed by atoms with Gasteiger partial charge in [0.2, 0.25) is 0 Å². The highest BCUT2D eigenvalue weighted by molar-refractivity contribution is 5.13. The lowest BCUT2D eigenvalue weighted by atomic mass is 10.2. The standard InChI is InChI=1S/C11H15O5/c12-6-7-13-14-8-9-15-16-10-11-4-2-1-3-5-11/h1-5H,6-10H2/q-1. The smallest absolute Gasteiger partial charge is 0.109 e. The van der Waals surface area contributed by atoms with Crippen LogP contribution in [0.4, 0.5) is 0 Å². The molecule has 5 nitrogen and oxygen atoms in total. The van der Waals surface area contributed by atoms with Gasteiger partial charge in [-0.05, 0) is 5.56 Å². The lowest BCUT2D eigenvalue weighted by Crippen LogP contribution is -2.14. The predicted octanol–water partition coefficient (Wildman–Crippen LogP) is 0.443. The average molecular weight is 227 g/mol. The average Bonchev–Trinajstić information content (AvgIpc) is 2.34. The molecule has 90 valence electrons. The minimum atomic E-state index is -0.314. The maximum absolute atomic E-state index is 9.96. The second-order valence-corrected chi connectivity index (χ2v) is 2.92. The molecule has 0 atom stereocenters. The lowest BCUT2D eigenvalue weighted by molar-refractivity contribution is -0.407. The minimum absolute atomic E-state index is 0.0465. The monoisotopic (exact) mass is 227 g/mol. The summed E-state index contributed by atoms with van der Waals surface area (Å²) in [5, 5.41) is 9.96. The third kappa shape index (κ3) is 6.49. The largest absolute Gasteiger partial charge is 0.853 e. The van der Waals surface area contributed by atoms with Crippen LogP contribution in [0.25, 0.3) is 0 Å². The Kier molecular flexibility index (Phi) is 7.57. The third-order valence-electron chi connectivity index (χ3n) is 1.65. The molecule has 16 heavy (non-hydrogen) atoms. The molecule has 0 fully saturated rings. The molecule has 1 rings (SSSR count). The summed E-state index contributed by atoms with van der Waals surface area (Å²) in [5.74, 6) is 0. The van der Waals surface area contributed by atoms with Crippen LogP contribution in [0.1, 0.15) is 5.56 Å². The van der Waals surface area contributed by atoms with Crippen LogP contribution in [0.3, 0.4) is 0 Å². The summed E-state index contributed by atoms with van der Waals surface area (Å²) in [4.78, 5) is 18.9. The van der Waals surface area contributed by atoms with Crippen molar-refractivity contribution in [3.8, 4) is 0 Å². The van der Waals surface area contributed by atoms with Gasteiger partial charge in [0, 0.05) is 0 Å². The zero-order valence-electron chi connectivity index (χ0n) is 8.96. The van der Waals surface area contributed by atoms with Gasteiger partial charge in [-0.2, -0.15) is 0 Å². The van der Waals surface area contributed by atoms with E-state index in [4.69, 9.17) is 9.78 Å². The molecular weight excluding hydrogens is 212 g/mol. The van der Waals surface area contributed by atoms with Gasteiger partial charge in [-0.3, -0.25) is 0 Å². The van der Waals surface area contributed by atoms with Gasteiger partial charge in [0.1, 0.15) is 19.8 Å². The second kappa shape index (κ2) is 9.26. The quantitative estimate of drug-likeness (QED) is 0.348. The Labute approximate surface area is 94.4 Å². The van der Waals surface area contributed by atoms with Crippen LogP contribution in [0, 0.1) is 0 Å². The van der Waals surface area contributed by atoms with E-state index in [2.05, 4.69) is 9.78 Å². The molecule has 0 bridgehead atoms. The highest BCUT2D eigenvalue weighted by Crippen LogP contribution is 2.00. The van der Waals surface area contributed by atoms with Crippen LogP contribution in [-0.4, -0.2) is 26.4 Å². The summed E-state index contributed by atoms with van der Waals surface area (Å²) in [6, 6.07) is 9.68. The van der Waals surface area contributed by atoms with Crippen LogP contribution >= 0.6 is 0 Å². The number of hydrogen-bond donors (Lipinski definition) is 0. The Morgan fingerprint density at radius 2 is 1.44 bits per heavy atom. The van der Waals surface area contributed by atoms with Gasteiger partial charge >= 0.3 is 0 Å². The zero-order chi connectivity index (χ0) is 11.5. The number of rotatable bonds is 9. The Hall–Kier alpha value is -0.980. The molecule has 0 unspecified atom stereocenters. The first-order valence-electron chi connectivity index (χ1n) is 5.04. The highest BCUT2D eigenvalue weighted by Gasteiger charge is 1.93. The van der Waals surface area contributed by atoms with Gasteiger partial charge < -0.3 is 5.11 Å². The SMILES string of the molecule is [O-]CCOOCCOOCc1ccccc1. The van der Waals surface area contributed by atoms with Gasteiger partial charge in [0.15, 0.2) is 0 Å². The third-order valence-corrected chi connectivity index (χ3v) is 1.65. The summed E-state index contributed by atoms with van der Waals surface area (Å²) >= 11 is 0. The van der Waals surface area contributed by atoms with E-state index in [0.717, 1.165) is 5.56 Å². The van der Waals surface area contributed by atoms with Gasteiger partial charge in [0.05, 0.1) is 6.61 Å². The van der Waals surface area contributed by atoms with Gasteiger partial charge in [-0.15, -0.1) is 6.61 Å². The molecule has 0 amide bonds. The van der Waals surface area contributed by atoms with Crippen LogP contribution in [0.5, 0.6) is 0 Å². The molecule has 1 aromatic rings. The molecule has 0 aliphatic rings. The number of benzene rings is 1. The molecule has 0 aliphatic carbocycles. The minimum Gasteiger partial charge on any atom is -0.853 e. The summed E-state index contributed by atoms with van der Waals surface area (Å²) in [6.45, 7) is 0.610. The van der Waals surface area contributed by atoms with Crippen molar-refractivity contribution >= 4 is 0 Å². The first-order chi connectivity index (χ1) is 7.93. The van der Waals surface area contributed by atoms with E-state index >= 15 is 0 Å². The zero-order valence-corrected chi connectivity index (χ0v) is 8.96. The normalized spacial score (nSPS) is 10.6. The van der Waals surface area contributed by atoms with Gasteiger partial charge in [-0.25, -0.2) is 19.6 Å². The van der Waals surface area contributed by atoms with E-state index in [1.54, 1.807) is 0 Å². The Morgan fingerprint density at radius 3 is 2.12 bits per heavy atom. The van der Waals surface area contributed by atoms with E-state index in [0.29, 0.717) is 6.61 Å². The summed E-state index contributed by atoms with van der Waals surface area (Å²) in [7, 11) is 0. The van der Waals surface area contributed by atoms with E-state index in [1.165, 1.54) is 0 Å². The molecule has 0 aliphatic heterocycles. The van der Waals surface area contributed by atoms with Crippen molar-refractivity contribution in [2.75, 3.05) is 26.4 Å². The summed E-state index contributed by atoms with van der Waals surface area (Å²) in [5.41, 5.74) is 1.03. The molecule has 0 radical (unpaired) electrons. The van der Waals surface area contributed by atoms with E-state index in [9.17, 15) is 5.11 Å². The molecule has 1 aromatic carbocycles. The maximum Gasteiger partial charge on any atom is 0.109 e. The fraction of sp³-hybridized carbons (Fsp3) is 0.455. The van der Waals surface area contributed by atoms with Crippen molar-refractivity contribution in [1.29, 1.82) is 0 Å². The fourth-order valence-electron chi connectivity index (χ4n) is 0.963. The highest BCUT2D eigenvalue weighted by atomic mass is 17.2. The topological polar surface area (TPSA) is 60.0 Å². The molecule has 0 spiro atoms. The van der Waals surface area contributed by atoms with Crippen molar-refractivity contribution in [3.05, 3.63) is 35.9 Å². The summed E-state index contributed by atoms with van der Waals surface area (Å²) < 4.78 is 0. The van der Waals surface area contributed by atoms with Crippen molar-refractivity contribution in [2.24, 2.45) is 0 Å². The fourth-order valence-corrected chi connectivity index (χ4v) is 0.963. The van der Waals surface area contributed by atoms with Crippen molar-refractivity contribution < 1.29 is 24.7 Å². The molecule has 0 saturated heterocycles. The molecule has 0 saturated carbocycles. The predicted molar refractivity (Wildman–Crippen MR) is 54.0 cm³/mol. The first-order valence-corrected chi connectivity index (χ1v) is 5.04. The second-order valence-electron chi connectivity index (χ2n) is 2.92. The summed E-state index contributed by atoms with van der Waals surface area (Å²) in [6.07, 6.45) is 0. The Morgan fingerprint density at radius 1 is 0.812 bits per heavy atom. The molecule has 5 heteroatoms. The van der Waals surface area contributed by atoms with Crippen LogP contribution in [-0.2, 0) is 26.2 Å².